The number of hydrogen-bond acceptors (Lipinski definition) is 5. The number of amides is 1. The van der Waals surface area contributed by atoms with Gasteiger partial charge in [-0.05, 0) is 11.8 Å². The Bertz CT molecular complexity index is 254. The maximum Gasteiger partial charge on any atom is 0.220 e. The van der Waals surface area contributed by atoms with Crippen molar-refractivity contribution in [3.8, 4) is 0 Å². The van der Waals surface area contributed by atoms with Crippen LogP contribution in [0.15, 0.2) is 0 Å². The molecule has 140 valence electrons. The molecule has 2 N–H and O–H groups in total. The summed E-state index contributed by atoms with van der Waals surface area (Å²) in [5.74, 6) is 0.0748. The van der Waals surface area contributed by atoms with Crippen LogP contribution in [0.4, 0.5) is 0 Å². The van der Waals surface area contributed by atoms with Gasteiger partial charge in [-0.2, -0.15) is 0 Å². The summed E-state index contributed by atoms with van der Waals surface area (Å²) in [5.41, 5.74) is 0.187. The minimum absolute atomic E-state index is 0.0323. The molecule has 0 atom stereocenters. The Labute approximate surface area is 141 Å². The van der Waals surface area contributed by atoms with Crippen molar-refractivity contribution in [2.75, 3.05) is 52.8 Å². The van der Waals surface area contributed by atoms with Gasteiger partial charge in [-0.3, -0.25) is 4.79 Å². The average molecular weight is 335 g/mol. The molecule has 0 aromatic heterocycles. The van der Waals surface area contributed by atoms with Crippen molar-refractivity contribution in [3.05, 3.63) is 0 Å². The minimum Gasteiger partial charge on any atom is -0.394 e. The third kappa shape index (κ3) is 23.7. The number of aliphatic hydroxyl groups is 1. The van der Waals surface area contributed by atoms with Crippen LogP contribution in [-0.2, 0) is 19.0 Å². The van der Waals surface area contributed by atoms with Gasteiger partial charge in [-0.15, -0.1) is 0 Å². The van der Waals surface area contributed by atoms with E-state index >= 15 is 0 Å². The normalized spacial score (nSPS) is 10.9. The highest BCUT2D eigenvalue weighted by molar-refractivity contribution is 5.75. The second-order valence-corrected chi connectivity index (χ2v) is 5.97. The maximum absolute atomic E-state index is 11.5. The van der Waals surface area contributed by atoms with E-state index in [0.29, 0.717) is 52.6 Å². The molecule has 0 aliphatic heterocycles. The van der Waals surface area contributed by atoms with Crippen LogP contribution in [0.25, 0.3) is 0 Å². The van der Waals surface area contributed by atoms with Crippen molar-refractivity contribution in [1.29, 1.82) is 0 Å². The van der Waals surface area contributed by atoms with E-state index in [1.165, 1.54) is 0 Å². The van der Waals surface area contributed by atoms with E-state index in [1.54, 1.807) is 0 Å². The summed E-state index contributed by atoms with van der Waals surface area (Å²) in [4.78, 5) is 11.5. The highest BCUT2D eigenvalue weighted by Gasteiger charge is 2.12. The zero-order chi connectivity index (χ0) is 18.0. The van der Waals surface area contributed by atoms with E-state index in [9.17, 15) is 4.79 Å². The molecule has 0 radical (unpaired) electrons. The molecule has 0 unspecified atom stereocenters. The third-order valence-corrected chi connectivity index (χ3v) is 2.65. The van der Waals surface area contributed by atoms with E-state index in [1.807, 2.05) is 13.8 Å². The predicted octanol–water partition coefficient (Wildman–Crippen LogP) is 2.00. The molecule has 0 heterocycles. The number of carbonyl (C=O) groups excluding carboxylic acids is 1. The Hall–Kier alpha value is -0.690. The van der Waals surface area contributed by atoms with E-state index in [4.69, 9.17) is 19.3 Å². The van der Waals surface area contributed by atoms with Gasteiger partial charge in [0.05, 0.1) is 46.2 Å². The Morgan fingerprint density at radius 1 is 0.913 bits per heavy atom. The standard InChI is InChI=1S/C15H31NO5.C2H6/c1-15(2,3)5-4-14(18)16-6-8-19-10-12-21-13-11-20-9-7-17;1-2/h17H,4-13H2,1-3H3,(H,16,18);1-2H3. The molecule has 6 heteroatoms. The Morgan fingerprint density at radius 3 is 1.87 bits per heavy atom. The zero-order valence-electron chi connectivity index (χ0n) is 15.7. The van der Waals surface area contributed by atoms with Crippen LogP contribution >= 0.6 is 0 Å². The molecule has 0 saturated carbocycles. The van der Waals surface area contributed by atoms with Gasteiger partial charge in [0, 0.05) is 13.0 Å². The summed E-state index contributed by atoms with van der Waals surface area (Å²) in [6.45, 7) is 13.7. The monoisotopic (exact) mass is 335 g/mol. The highest BCUT2D eigenvalue weighted by atomic mass is 16.5. The zero-order valence-corrected chi connectivity index (χ0v) is 15.7. The average Bonchev–Trinajstić information content (AvgIpc) is 2.52. The lowest BCUT2D eigenvalue weighted by Crippen LogP contribution is -2.28. The van der Waals surface area contributed by atoms with Gasteiger partial charge >= 0.3 is 0 Å². The van der Waals surface area contributed by atoms with Gasteiger partial charge in [-0.1, -0.05) is 34.6 Å². The molecule has 0 fully saturated rings. The highest BCUT2D eigenvalue weighted by Crippen LogP contribution is 2.19. The summed E-state index contributed by atoms with van der Waals surface area (Å²) in [5, 5.41) is 11.3. The van der Waals surface area contributed by atoms with Gasteiger partial charge in [0.15, 0.2) is 0 Å². The molecule has 1 amide bonds. The first kappa shape index (κ1) is 24.6. The largest absolute Gasteiger partial charge is 0.394 e. The fourth-order valence-electron chi connectivity index (χ4n) is 1.45. The third-order valence-electron chi connectivity index (χ3n) is 2.65. The molecule has 0 bridgehead atoms. The van der Waals surface area contributed by atoms with Gasteiger partial charge in [-0.25, -0.2) is 0 Å². The van der Waals surface area contributed by atoms with Crippen LogP contribution in [0.3, 0.4) is 0 Å². The molecule has 0 aromatic rings. The van der Waals surface area contributed by atoms with E-state index in [0.717, 1.165) is 6.42 Å². The fraction of sp³-hybridized carbons (Fsp3) is 0.941. The Balaban J connectivity index is 0. The summed E-state index contributed by atoms with van der Waals surface area (Å²) in [6.07, 6.45) is 1.44. The van der Waals surface area contributed by atoms with Crippen LogP contribution in [0.2, 0.25) is 0 Å². The number of rotatable bonds is 13. The van der Waals surface area contributed by atoms with Crippen LogP contribution in [0.1, 0.15) is 47.5 Å². The van der Waals surface area contributed by atoms with E-state index in [-0.39, 0.29) is 17.9 Å². The lowest BCUT2D eigenvalue weighted by atomic mass is 9.90. The number of aliphatic hydroxyl groups excluding tert-OH is 1. The van der Waals surface area contributed by atoms with Crippen LogP contribution in [0.5, 0.6) is 0 Å². The van der Waals surface area contributed by atoms with Gasteiger partial charge in [0.2, 0.25) is 5.91 Å². The molecule has 0 aliphatic rings. The summed E-state index contributed by atoms with van der Waals surface area (Å²) < 4.78 is 15.6. The van der Waals surface area contributed by atoms with Crippen molar-refractivity contribution in [2.24, 2.45) is 5.41 Å². The number of carbonyl (C=O) groups is 1. The minimum atomic E-state index is 0.0323. The maximum atomic E-state index is 11.5. The van der Waals surface area contributed by atoms with Crippen LogP contribution in [-0.4, -0.2) is 63.8 Å². The van der Waals surface area contributed by atoms with Gasteiger partial charge in [0.25, 0.3) is 0 Å². The molecule has 6 nitrogen and oxygen atoms in total. The summed E-state index contributed by atoms with van der Waals surface area (Å²) >= 11 is 0. The topological polar surface area (TPSA) is 77.0 Å². The number of ether oxygens (including phenoxy) is 3. The Morgan fingerprint density at radius 2 is 1.39 bits per heavy atom. The van der Waals surface area contributed by atoms with Crippen molar-refractivity contribution < 1.29 is 24.1 Å². The van der Waals surface area contributed by atoms with E-state index in [2.05, 4.69) is 26.1 Å². The first-order valence-electron chi connectivity index (χ1n) is 8.56. The lowest BCUT2D eigenvalue weighted by molar-refractivity contribution is -0.121. The van der Waals surface area contributed by atoms with Gasteiger partial charge < -0.3 is 24.6 Å². The van der Waals surface area contributed by atoms with Crippen molar-refractivity contribution in [3.63, 3.8) is 0 Å². The molecule has 23 heavy (non-hydrogen) atoms. The van der Waals surface area contributed by atoms with Gasteiger partial charge in [0.1, 0.15) is 0 Å². The summed E-state index contributed by atoms with van der Waals surface area (Å²) in [6, 6.07) is 0. The first-order chi connectivity index (χ1) is 11.0. The molecule has 0 aliphatic carbocycles. The van der Waals surface area contributed by atoms with Crippen molar-refractivity contribution in [1.82, 2.24) is 5.32 Å². The lowest BCUT2D eigenvalue weighted by Gasteiger charge is -2.17. The molecule has 0 rings (SSSR count). The fourth-order valence-corrected chi connectivity index (χ4v) is 1.45. The SMILES string of the molecule is CC.CC(C)(C)CCC(=O)NCCOCCOCCOCCO. The molecule has 0 aromatic carbocycles. The first-order valence-corrected chi connectivity index (χ1v) is 8.56. The second-order valence-electron chi connectivity index (χ2n) is 5.97. The van der Waals surface area contributed by atoms with Crippen LogP contribution < -0.4 is 5.32 Å². The van der Waals surface area contributed by atoms with E-state index < -0.39 is 0 Å². The molecular formula is C17H37NO5. The predicted molar refractivity (Wildman–Crippen MR) is 92.6 cm³/mol. The molecular weight excluding hydrogens is 298 g/mol. The van der Waals surface area contributed by atoms with Crippen molar-refractivity contribution >= 4 is 5.91 Å². The Kier molecular flexibility index (Phi) is 18.9. The second kappa shape index (κ2) is 17.7. The van der Waals surface area contributed by atoms with Crippen molar-refractivity contribution in [2.45, 2.75) is 47.5 Å². The molecule has 0 saturated heterocycles. The number of nitrogens with one attached hydrogen (secondary N) is 1. The van der Waals surface area contributed by atoms with Crippen LogP contribution in [0, 0.1) is 5.41 Å². The molecule has 0 spiro atoms. The smallest absolute Gasteiger partial charge is 0.220 e. The number of hydrogen-bond donors (Lipinski definition) is 2. The quantitative estimate of drug-likeness (QED) is 0.503. The summed E-state index contributed by atoms with van der Waals surface area (Å²) in [7, 11) is 0.